The number of carbonyl (C=O) groups is 2. The number of para-hydroxylation sites is 1. The Kier molecular flexibility index (Phi) is 4.89. The molecule has 0 aliphatic rings. The third-order valence-electron chi connectivity index (χ3n) is 2.70. The number of esters is 1. The highest BCUT2D eigenvalue weighted by molar-refractivity contribution is 5.78. The van der Waals surface area contributed by atoms with Gasteiger partial charge in [-0.2, -0.15) is 0 Å². The molecule has 4 nitrogen and oxygen atoms in total. The van der Waals surface area contributed by atoms with Crippen LogP contribution in [-0.2, 0) is 9.59 Å². The molecule has 0 heterocycles. The molecule has 0 saturated carbocycles. The fraction of sp³-hybridized carbons (Fsp3) is 0.429. The van der Waals surface area contributed by atoms with Gasteiger partial charge in [-0.3, -0.25) is 9.59 Å². The van der Waals surface area contributed by atoms with E-state index < -0.39 is 11.4 Å². The van der Waals surface area contributed by atoms with Crippen LogP contribution in [0.25, 0.3) is 0 Å². The van der Waals surface area contributed by atoms with Crippen molar-refractivity contribution in [3.05, 3.63) is 30.3 Å². The zero-order valence-corrected chi connectivity index (χ0v) is 10.7. The molecule has 1 rings (SSSR count). The van der Waals surface area contributed by atoms with E-state index in [9.17, 15) is 9.59 Å². The van der Waals surface area contributed by atoms with E-state index in [1.54, 1.807) is 38.1 Å². The van der Waals surface area contributed by atoms with Gasteiger partial charge in [-0.1, -0.05) is 18.2 Å². The van der Waals surface area contributed by atoms with Crippen LogP contribution in [0.3, 0.4) is 0 Å². The molecular weight excluding hydrogens is 232 g/mol. The molecule has 0 aromatic heterocycles. The van der Waals surface area contributed by atoms with Gasteiger partial charge in [-0.25, -0.2) is 0 Å². The second-order valence-electron chi connectivity index (χ2n) is 4.83. The fourth-order valence-electron chi connectivity index (χ4n) is 1.52. The van der Waals surface area contributed by atoms with Gasteiger partial charge in [0.2, 0.25) is 0 Å². The van der Waals surface area contributed by atoms with Crippen molar-refractivity contribution in [2.24, 2.45) is 5.41 Å². The van der Waals surface area contributed by atoms with E-state index in [-0.39, 0.29) is 12.4 Å². The summed E-state index contributed by atoms with van der Waals surface area (Å²) in [5.41, 5.74) is -0.675. The van der Waals surface area contributed by atoms with E-state index in [4.69, 9.17) is 9.84 Å². The molecule has 0 aliphatic carbocycles. The Hall–Kier alpha value is -1.84. The zero-order valence-electron chi connectivity index (χ0n) is 10.7. The van der Waals surface area contributed by atoms with Crippen LogP contribution in [0.1, 0.15) is 33.1 Å². The number of rotatable bonds is 6. The summed E-state index contributed by atoms with van der Waals surface area (Å²) in [7, 11) is 0. The number of ether oxygens (including phenoxy) is 1. The summed E-state index contributed by atoms with van der Waals surface area (Å²) < 4.78 is 5.25. The van der Waals surface area contributed by atoms with Gasteiger partial charge < -0.3 is 9.84 Å². The van der Waals surface area contributed by atoms with E-state index in [0.717, 1.165) is 0 Å². The highest BCUT2D eigenvalue weighted by Gasteiger charge is 2.29. The molecule has 0 fully saturated rings. The van der Waals surface area contributed by atoms with Crippen LogP contribution in [0.15, 0.2) is 30.3 Å². The molecule has 1 aromatic rings. The van der Waals surface area contributed by atoms with E-state index >= 15 is 0 Å². The van der Waals surface area contributed by atoms with Gasteiger partial charge in [-0.15, -0.1) is 0 Å². The number of benzene rings is 1. The molecule has 0 saturated heterocycles. The lowest BCUT2D eigenvalue weighted by Crippen LogP contribution is -2.29. The quantitative estimate of drug-likeness (QED) is 0.623. The normalized spacial score (nSPS) is 11.0. The predicted molar refractivity (Wildman–Crippen MR) is 67.3 cm³/mol. The van der Waals surface area contributed by atoms with Crippen molar-refractivity contribution in [2.75, 3.05) is 0 Å². The number of carboxylic acids is 1. The van der Waals surface area contributed by atoms with Crippen LogP contribution in [0, 0.1) is 5.41 Å². The fourth-order valence-corrected chi connectivity index (χ4v) is 1.52. The zero-order chi connectivity index (χ0) is 13.6. The Morgan fingerprint density at radius 3 is 2.39 bits per heavy atom. The van der Waals surface area contributed by atoms with Gasteiger partial charge in [0.25, 0.3) is 0 Å². The lowest BCUT2D eigenvalue weighted by Gasteiger charge is -2.21. The van der Waals surface area contributed by atoms with Crippen LogP contribution < -0.4 is 4.74 Å². The molecule has 4 heteroatoms. The molecular formula is C14H18O4. The van der Waals surface area contributed by atoms with Gasteiger partial charge in [0.15, 0.2) is 0 Å². The third-order valence-corrected chi connectivity index (χ3v) is 2.70. The predicted octanol–water partition coefficient (Wildman–Crippen LogP) is 2.87. The monoisotopic (exact) mass is 250 g/mol. The average molecular weight is 250 g/mol. The smallest absolute Gasteiger partial charge is 0.316 e. The van der Waals surface area contributed by atoms with E-state index in [1.807, 2.05) is 6.07 Å². The van der Waals surface area contributed by atoms with Crippen LogP contribution >= 0.6 is 0 Å². The molecule has 0 spiro atoms. The number of carbonyl (C=O) groups excluding carboxylic acids is 1. The minimum atomic E-state index is -0.845. The largest absolute Gasteiger partial charge is 0.481 e. The Bertz CT molecular complexity index is 409. The second-order valence-corrected chi connectivity index (χ2v) is 4.83. The van der Waals surface area contributed by atoms with E-state index in [1.165, 1.54) is 0 Å². The molecule has 0 atom stereocenters. The maximum Gasteiger partial charge on any atom is 0.316 e. The standard InChI is InChI=1S/C14H18O4/c1-14(2,10-6-9-12(15)16)13(17)18-11-7-4-3-5-8-11/h3-5,7-8H,6,9-10H2,1-2H3,(H,15,16). The van der Waals surface area contributed by atoms with Gasteiger partial charge in [0, 0.05) is 6.42 Å². The summed E-state index contributed by atoms with van der Waals surface area (Å²) in [6.45, 7) is 3.53. The van der Waals surface area contributed by atoms with Crippen molar-refractivity contribution in [2.45, 2.75) is 33.1 Å². The first-order valence-corrected chi connectivity index (χ1v) is 5.91. The second kappa shape index (κ2) is 6.19. The molecule has 0 bridgehead atoms. The Balaban J connectivity index is 2.51. The lowest BCUT2D eigenvalue weighted by molar-refractivity contribution is -0.145. The summed E-state index contributed by atoms with van der Waals surface area (Å²) >= 11 is 0. The Morgan fingerprint density at radius 2 is 1.83 bits per heavy atom. The van der Waals surface area contributed by atoms with Crippen LogP contribution in [0.2, 0.25) is 0 Å². The molecule has 0 unspecified atom stereocenters. The van der Waals surface area contributed by atoms with Gasteiger partial charge in [0.05, 0.1) is 5.41 Å². The first kappa shape index (κ1) is 14.2. The van der Waals surface area contributed by atoms with Gasteiger partial charge >= 0.3 is 11.9 Å². The molecule has 0 amide bonds. The molecule has 1 N–H and O–H groups in total. The maximum absolute atomic E-state index is 11.9. The van der Waals surface area contributed by atoms with Gasteiger partial charge in [-0.05, 0) is 38.8 Å². The van der Waals surface area contributed by atoms with Gasteiger partial charge in [0.1, 0.15) is 5.75 Å². The number of hydrogen-bond acceptors (Lipinski definition) is 3. The van der Waals surface area contributed by atoms with Crippen molar-refractivity contribution >= 4 is 11.9 Å². The molecule has 98 valence electrons. The van der Waals surface area contributed by atoms with Crippen LogP contribution in [0.5, 0.6) is 5.75 Å². The summed E-state index contributed by atoms with van der Waals surface area (Å²) in [4.78, 5) is 22.4. The number of aliphatic carboxylic acids is 1. The summed E-state index contributed by atoms with van der Waals surface area (Å²) in [6, 6.07) is 8.85. The minimum absolute atomic E-state index is 0.0715. The first-order valence-electron chi connectivity index (χ1n) is 5.91. The van der Waals surface area contributed by atoms with Crippen molar-refractivity contribution in [1.29, 1.82) is 0 Å². The molecule has 1 aromatic carbocycles. The highest BCUT2D eigenvalue weighted by atomic mass is 16.5. The van der Waals surface area contributed by atoms with Crippen molar-refractivity contribution in [3.8, 4) is 5.75 Å². The molecule has 0 aliphatic heterocycles. The summed E-state index contributed by atoms with van der Waals surface area (Å²) in [5.74, 6) is -0.671. The van der Waals surface area contributed by atoms with E-state index in [2.05, 4.69) is 0 Å². The van der Waals surface area contributed by atoms with E-state index in [0.29, 0.717) is 18.6 Å². The molecule has 18 heavy (non-hydrogen) atoms. The third kappa shape index (κ3) is 4.57. The van der Waals surface area contributed by atoms with Crippen molar-refractivity contribution in [3.63, 3.8) is 0 Å². The van der Waals surface area contributed by atoms with Crippen molar-refractivity contribution in [1.82, 2.24) is 0 Å². The lowest BCUT2D eigenvalue weighted by atomic mass is 9.87. The highest BCUT2D eigenvalue weighted by Crippen LogP contribution is 2.26. The average Bonchev–Trinajstić information content (AvgIpc) is 2.29. The number of hydrogen-bond donors (Lipinski definition) is 1. The Labute approximate surface area is 107 Å². The molecule has 0 radical (unpaired) electrons. The first-order chi connectivity index (χ1) is 8.42. The topological polar surface area (TPSA) is 63.6 Å². The Morgan fingerprint density at radius 1 is 1.22 bits per heavy atom. The summed E-state index contributed by atoms with van der Waals surface area (Å²) in [6.07, 6.45) is 1.03. The maximum atomic E-state index is 11.9. The SMILES string of the molecule is CC(C)(CCCC(=O)O)C(=O)Oc1ccccc1. The van der Waals surface area contributed by atoms with Crippen LogP contribution in [-0.4, -0.2) is 17.0 Å². The summed E-state index contributed by atoms with van der Waals surface area (Å²) in [5, 5.41) is 8.57. The minimum Gasteiger partial charge on any atom is -0.481 e. The van der Waals surface area contributed by atoms with Crippen LogP contribution in [0.4, 0.5) is 0 Å². The van der Waals surface area contributed by atoms with Crippen molar-refractivity contribution < 1.29 is 19.4 Å². The number of carboxylic acid groups (broad SMARTS) is 1.